The number of carbonyl (C=O) groups is 4. The van der Waals surface area contributed by atoms with Crippen LogP contribution in [0.5, 0.6) is 0 Å². The maximum atomic E-state index is 10.4. The molecule has 4 nitrogen and oxygen atoms in total. The van der Waals surface area contributed by atoms with Crippen LogP contribution in [0.4, 0.5) is 0 Å². The molecule has 0 radical (unpaired) electrons. The Hall–Kier alpha value is -0.814. The van der Waals surface area contributed by atoms with Crippen molar-refractivity contribution in [1.82, 2.24) is 0 Å². The molecule has 0 aromatic carbocycles. The summed E-state index contributed by atoms with van der Waals surface area (Å²) in [7, 11) is 0. The molecular formula is C6H8O4Os. The summed E-state index contributed by atoms with van der Waals surface area (Å²) in [5.74, 6) is 0. The third kappa shape index (κ3) is 1.29. The second-order valence-electron chi connectivity index (χ2n) is 1.72. The summed E-state index contributed by atoms with van der Waals surface area (Å²) < 4.78 is 1.16. The SMILES string of the molecule is C[CH]=[Os]([CH]=O)([CH]=O)([CH]=O)[CH]=O. The van der Waals surface area contributed by atoms with Crippen molar-refractivity contribution in [2.24, 2.45) is 0 Å². The van der Waals surface area contributed by atoms with Crippen LogP contribution in [-0.2, 0) is 32.6 Å². The predicted octanol–water partition coefficient (Wildman–Crippen LogP) is -0.741. The monoisotopic (exact) mass is 336 g/mol. The molecule has 0 atom stereocenters. The molecule has 11 heavy (non-hydrogen) atoms. The van der Waals surface area contributed by atoms with Gasteiger partial charge in [0.2, 0.25) is 0 Å². The molecule has 5 heteroatoms. The quantitative estimate of drug-likeness (QED) is 0.635. The first-order chi connectivity index (χ1) is 5.12. The molecule has 0 saturated heterocycles. The van der Waals surface area contributed by atoms with Gasteiger partial charge in [0.1, 0.15) is 0 Å². The number of hydrogen-bond donors (Lipinski definition) is 0. The zero-order chi connectivity index (χ0) is 8.98. The molecule has 0 bridgehead atoms. The Kier molecular flexibility index (Phi) is 2.83. The van der Waals surface area contributed by atoms with Crippen molar-refractivity contribution in [3.63, 3.8) is 0 Å². The van der Waals surface area contributed by atoms with Crippen LogP contribution in [0.3, 0.4) is 0 Å². The van der Waals surface area contributed by atoms with E-state index < -0.39 is 13.4 Å². The van der Waals surface area contributed by atoms with Crippen LogP contribution in [-0.4, -0.2) is 23.9 Å². The number of hydrogen-bond acceptors (Lipinski definition) is 4. The van der Waals surface area contributed by atoms with Gasteiger partial charge in [-0.05, 0) is 0 Å². The first-order valence-corrected chi connectivity index (χ1v) is 9.87. The second-order valence-corrected chi connectivity index (χ2v) is 14.0. The van der Waals surface area contributed by atoms with E-state index in [4.69, 9.17) is 0 Å². The zero-order valence-electron chi connectivity index (χ0n) is 5.87. The Labute approximate surface area is 63.9 Å². The van der Waals surface area contributed by atoms with E-state index in [1.807, 2.05) is 0 Å². The second kappa shape index (κ2) is 3.06. The molecule has 0 heterocycles. The molecule has 0 aromatic rings. The van der Waals surface area contributed by atoms with Gasteiger partial charge in [-0.3, -0.25) is 0 Å². The Morgan fingerprint density at radius 3 is 1.09 bits per heavy atom. The van der Waals surface area contributed by atoms with Gasteiger partial charge in [0.15, 0.2) is 0 Å². The van der Waals surface area contributed by atoms with Crippen molar-refractivity contribution >= 4 is 23.9 Å². The Bertz CT molecular complexity index is 223. The molecule has 0 unspecified atom stereocenters. The Balaban J connectivity index is 5.79. The molecular weight excluding hydrogens is 326 g/mol. The van der Waals surface area contributed by atoms with Crippen molar-refractivity contribution in [2.45, 2.75) is 6.92 Å². The summed E-state index contributed by atoms with van der Waals surface area (Å²) in [6, 6.07) is 0. The average Bonchev–Trinajstić information content (AvgIpc) is 2.12. The fraction of sp³-hybridized carbons (Fsp3) is 0.167. The Morgan fingerprint density at radius 1 is 0.818 bits per heavy atom. The zero-order valence-corrected chi connectivity index (χ0v) is 8.41. The summed E-state index contributed by atoms with van der Waals surface area (Å²) in [5, 5.41) is 0. The van der Waals surface area contributed by atoms with Crippen molar-refractivity contribution in [2.75, 3.05) is 0 Å². The van der Waals surface area contributed by atoms with Gasteiger partial charge in [-0.1, -0.05) is 0 Å². The maximum absolute atomic E-state index is 10.4. The average molecular weight is 334 g/mol. The van der Waals surface area contributed by atoms with E-state index in [0.717, 1.165) is 4.57 Å². The van der Waals surface area contributed by atoms with Gasteiger partial charge < -0.3 is 0 Å². The minimum absolute atomic E-state index is 0.218. The molecule has 0 rings (SSSR count). The van der Waals surface area contributed by atoms with Crippen molar-refractivity contribution in [3.05, 3.63) is 0 Å². The van der Waals surface area contributed by atoms with Crippen LogP contribution < -0.4 is 0 Å². The van der Waals surface area contributed by atoms with Gasteiger partial charge >= 0.3 is 63.4 Å². The van der Waals surface area contributed by atoms with E-state index in [9.17, 15) is 19.2 Å². The topological polar surface area (TPSA) is 68.3 Å². The fourth-order valence-corrected chi connectivity index (χ4v) is 2.54. The van der Waals surface area contributed by atoms with Gasteiger partial charge in [0, 0.05) is 0 Å². The van der Waals surface area contributed by atoms with Crippen molar-refractivity contribution in [1.29, 1.82) is 0 Å². The van der Waals surface area contributed by atoms with E-state index in [1.54, 1.807) is 0 Å². The predicted molar refractivity (Wildman–Crippen MR) is 38.7 cm³/mol. The van der Waals surface area contributed by atoms with E-state index in [1.165, 1.54) is 6.92 Å². The van der Waals surface area contributed by atoms with Crippen LogP contribution >= 0.6 is 0 Å². The minimum atomic E-state index is -4.77. The van der Waals surface area contributed by atoms with Crippen LogP contribution in [0.2, 0.25) is 0 Å². The summed E-state index contributed by atoms with van der Waals surface area (Å²) in [6.45, 7) is 1.38. The van der Waals surface area contributed by atoms with Crippen LogP contribution in [0.25, 0.3) is 0 Å². The first-order valence-electron chi connectivity index (χ1n) is 2.54. The molecule has 64 valence electrons. The number of rotatable bonds is 4. The summed E-state index contributed by atoms with van der Waals surface area (Å²) in [4.78, 5) is 42.6. The molecule has 0 aliphatic rings. The first kappa shape index (κ1) is 10.2. The molecule has 0 aliphatic carbocycles. The van der Waals surface area contributed by atoms with E-state index >= 15 is 0 Å². The van der Waals surface area contributed by atoms with E-state index in [0.29, 0.717) is 0 Å². The standard InChI is InChI=1S/C2H4.4CHO.Os/c5*1-2;/h1H,2H3;4*1H;. The summed E-state index contributed by atoms with van der Waals surface area (Å²) in [5.41, 5.74) is 0. The third-order valence-electron chi connectivity index (χ3n) is 1.24. The molecule has 0 fully saturated rings. The van der Waals surface area contributed by atoms with Gasteiger partial charge in [-0.25, -0.2) is 0 Å². The molecule has 0 saturated carbocycles. The van der Waals surface area contributed by atoms with Crippen LogP contribution in [0.1, 0.15) is 6.92 Å². The number of carbonyl (C=O) groups excluding carboxylic acids is 4. The normalized spacial score (nSPS) is 13.7. The van der Waals surface area contributed by atoms with Gasteiger partial charge in [0.25, 0.3) is 0 Å². The van der Waals surface area contributed by atoms with Gasteiger partial charge in [0.05, 0.1) is 0 Å². The van der Waals surface area contributed by atoms with E-state index in [-0.39, 0.29) is 19.4 Å². The molecule has 0 aliphatic heterocycles. The summed E-state index contributed by atoms with van der Waals surface area (Å²) >= 11 is -4.77. The van der Waals surface area contributed by atoms with Crippen LogP contribution in [0, 0.1) is 0 Å². The van der Waals surface area contributed by atoms with Crippen molar-refractivity contribution < 1.29 is 32.6 Å². The fourth-order valence-electron chi connectivity index (χ4n) is 0.310. The molecule has 0 spiro atoms. The van der Waals surface area contributed by atoms with Crippen molar-refractivity contribution in [3.8, 4) is 0 Å². The molecule has 0 amide bonds. The van der Waals surface area contributed by atoms with Crippen LogP contribution in [0.15, 0.2) is 0 Å². The van der Waals surface area contributed by atoms with Gasteiger partial charge in [-0.2, -0.15) is 0 Å². The Morgan fingerprint density at radius 2 is 1.09 bits per heavy atom. The summed E-state index contributed by atoms with van der Waals surface area (Å²) in [6.07, 6.45) is 0. The molecule has 0 N–H and O–H groups in total. The molecule has 0 aromatic heterocycles. The van der Waals surface area contributed by atoms with Gasteiger partial charge in [-0.15, -0.1) is 0 Å². The van der Waals surface area contributed by atoms with E-state index in [2.05, 4.69) is 0 Å². The third-order valence-corrected chi connectivity index (χ3v) is 10.2.